The van der Waals surface area contributed by atoms with E-state index in [4.69, 9.17) is 23.2 Å². The maximum atomic E-state index is 13.2. The first-order valence-electron chi connectivity index (χ1n) is 10.6. The summed E-state index contributed by atoms with van der Waals surface area (Å²) in [6, 6.07) is 13.8. The molecule has 172 valence electrons. The number of halogens is 2. The first-order valence-corrected chi connectivity index (χ1v) is 11.4. The zero-order chi connectivity index (χ0) is 23.5. The molecule has 0 radical (unpaired) electrons. The van der Waals surface area contributed by atoms with Gasteiger partial charge in [0.15, 0.2) is 0 Å². The summed E-state index contributed by atoms with van der Waals surface area (Å²) in [5, 5.41) is 11.0. The fraction of sp³-hybridized carbons (Fsp3) is 0.292. The van der Waals surface area contributed by atoms with E-state index in [1.807, 2.05) is 30.5 Å². The molecule has 0 bridgehead atoms. The monoisotopic (exact) mass is 487 g/mol. The Balaban J connectivity index is 1.50. The van der Waals surface area contributed by atoms with E-state index in [9.17, 15) is 19.5 Å². The molecular weight excluding hydrogens is 465 g/mol. The summed E-state index contributed by atoms with van der Waals surface area (Å²) in [5.74, 6) is -1.92. The normalized spacial score (nSPS) is 17.6. The maximum absolute atomic E-state index is 13.2. The second-order valence-corrected chi connectivity index (χ2v) is 8.98. The number of rotatable bonds is 8. The number of carbonyl (C=O) groups excluding carboxylic acids is 2. The third-order valence-corrected chi connectivity index (χ3v) is 6.53. The van der Waals surface area contributed by atoms with E-state index >= 15 is 0 Å². The minimum Gasteiger partial charge on any atom is -0.481 e. The minimum absolute atomic E-state index is 0.190. The topological polar surface area (TPSA) is 93.7 Å². The summed E-state index contributed by atoms with van der Waals surface area (Å²) in [4.78, 5) is 43.6. The fourth-order valence-electron chi connectivity index (χ4n) is 4.20. The second-order valence-electron chi connectivity index (χ2n) is 8.04. The van der Waals surface area contributed by atoms with Crippen molar-refractivity contribution in [2.24, 2.45) is 0 Å². The smallest absolute Gasteiger partial charge is 0.305 e. The average Bonchev–Trinajstić information content (AvgIpc) is 3.20. The zero-order valence-electron chi connectivity index (χ0n) is 17.7. The minimum atomic E-state index is -1.15. The molecule has 3 aromatic rings. The van der Waals surface area contributed by atoms with E-state index in [2.05, 4.69) is 4.98 Å². The summed E-state index contributed by atoms with van der Waals surface area (Å²) in [7, 11) is 0. The van der Waals surface area contributed by atoms with Crippen molar-refractivity contribution in [3.05, 3.63) is 70.9 Å². The molecule has 33 heavy (non-hydrogen) atoms. The van der Waals surface area contributed by atoms with Gasteiger partial charge in [-0.3, -0.25) is 14.4 Å². The van der Waals surface area contributed by atoms with Gasteiger partial charge in [-0.05, 0) is 35.7 Å². The van der Waals surface area contributed by atoms with E-state index in [-0.39, 0.29) is 19.0 Å². The van der Waals surface area contributed by atoms with Gasteiger partial charge in [0.1, 0.15) is 18.1 Å². The van der Waals surface area contributed by atoms with Crippen molar-refractivity contribution in [1.29, 1.82) is 0 Å². The molecular formula is C24H23Cl2N3O4. The average molecular weight is 488 g/mol. The molecule has 2 atom stereocenters. The highest BCUT2D eigenvalue weighted by molar-refractivity contribution is 6.30. The quantitative estimate of drug-likeness (QED) is 0.374. The summed E-state index contributed by atoms with van der Waals surface area (Å²) in [5.41, 5.74) is 2.06. The lowest BCUT2D eigenvalue weighted by Crippen LogP contribution is -2.62. The van der Waals surface area contributed by atoms with Crippen LogP contribution in [0.3, 0.4) is 0 Å². The molecule has 2 aromatic carbocycles. The molecule has 4 rings (SSSR count). The van der Waals surface area contributed by atoms with E-state index in [1.165, 1.54) is 9.80 Å². The lowest BCUT2D eigenvalue weighted by Gasteiger charge is -2.41. The first-order chi connectivity index (χ1) is 15.8. The van der Waals surface area contributed by atoms with Gasteiger partial charge in [0, 0.05) is 35.1 Å². The largest absolute Gasteiger partial charge is 0.481 e. The van der Waals surface area contributed by atoms with Crippen LogP contribution in [0.2, 0.25) is 5.02 Å². The SMILES string of the molecule is O=C(O)CC1C(=O)N(C(Cl)Cc2ccc(Cl)cc2)CC(=O)N1CCc1c[nH]c2ccccc12. The number of hydrogen-bond acceptors (Lipinski definition) is 3. The van der Waals surface area contributed by atoms with Gasteiger partial charge in [-0.1, -0.05) is 53.5 Å². The number of aromatic nitrogens is 1. The Kier molecular flexibility index (Phi) is 6.91. The Morgan fingerprint density at radius 3 is 2.61 bits per heavy atom. The Hall–Kier alpha value is -3.03. The van der Waals surface area contributed by atoms with Gasteiger partial charge >= 0.3 is 5.97 Å². The predicted octanol–water partition coefficient (Wildman–Crippen LogP) is 3.69. The number of amides is 2. The highest BCUT2D eigenvalue weighted by atomic mass is 35.5. The fourth-order valence-corrected chi connectivity index (χ4v) is 4.67. The van der Waals surface area contributed by atoms with E-state index in [0.29, 0.717) is 17.9 Å². The third-order valence-electron chi connectivity index (χ3n) is 5.89. The summed E-state index contributed by atoms with van der Waals surface area (Å²) in [6.07, 6.45) is 2.21. The lowest BCUT2D eigenvalue weighted by atomic mass is 10.0. The van der Waals surface area contributed by atoms with Crippen LogP contribution in [0.25, 0.3) is 10.9 Å². The summed E-state index contributed by atoms with van der Waals surface area (Å²) in [6.45, 7) is 0.0485. The van der Waals surface area contributed by atoms with Crippen molar-refractivity contribution < 1.29 is 19.5 Å². The lowest BCUT2D eigenvalue weighted by molar-refractivity contribution is -0.159. The molecule has 0 saturated carbocycles. The molecule has 7 nitrogen and oxygen atoms in total. The molecule has 2 unspecified atom stereocenters. The number of hydrogen-bond donors (Lipinski definition) is 2. The van der Waals surface area contributed by atoms with Gasteiger partial charge in [0.2, 0.25) is 11.8 Å². The van der Waals surface area contributed by atoms with Crippen molar-refractivity contribution in [2.45, 2.75) is 30.8 Å². The van der Waals surface area contributed by atoms with Crippen LogP contribution in [0, 0.1) is 0 Å². The molecule has 2 amide bonds. The standard InChI is InChI=1S/C24H23Cl2N3O4/c25-17-7-5-15(6-8-17)11-21(26)29-14-22(30)28(20(24(29)33)12-23(31)32)10-9-16-13-27-19-4-2-1-3-18(16)19/h1-8,13,20-21,27H,9-12,14H2,(H,31,32). The molecule has 2 N–H and O–H groups in total. The van der Waals surface area contributed by atoms with Crippen LogP contribution in [-0.2, 0) is 27.2 Å². The van der Waals surface area contributed by atoms with Gasteiger partial charge < -0.3 is 19.9 Å². The number of aromatic amines is 1. The number of benzene rings is 2. The molecule has 0 spiro atoms. The number of fused-ring (bicyclic) bond motifs is 1. The Labute approximate surface area is 200 Å². The van der Waals surface area contributed by atoms with Crippen LogP contribution in [0.4, 0.5) is 0 Å². The molecule has 9 heteroatoms. The van der Waals surface area contributed by atoms with Crippen LogP contribution < -0.4 is 0 Å². The highest BCUT2D eigenvalue weighted by Gasteiger charge is 2.42. The zero-order valence-corrected chi connectivity index (χ0v) is 19.2. The third kappa shape index (κ3) is 5.15. The number of nitrogens with one attached hydrogen (secondary N) is 1. The van der Waals surface area contributed by atoms with Crippen molar-refractivity contribution in [3.8, 4) is 0 Å². The Morgan fingerprint density at radius 1 is 1.15 bits per heavy atom. The number of nitrogens with zero attached hydrogens (tertiary/aromatic N) is 2. The van der Waals surface area contributed by atoms with E-state index in [1.54, 1.807) is 24.3 Å². The number of H-pyrrole nitrogens is 1. The molecule has 2 heterocycles. The first kappa shape index (κ1) is 23.1. The van der Waals surface area contributed by atoms with Crippen molar-refractivity contribution >= 4 is 51.9 Å². The number of alkyl halides is 1. The number of piperazine rings is 1. The predicted molar refractivity (Wildman–Crippen MR) is 126 cm³/mol. The summed E-state index contributed by atoms with van der Waals surface area (Å²) >= 11 is 12.4. The van der Waals surface area contributed by atoms with E-state index < -0.39 is 29.8 Å². The molecule has 1 aliphatic rings. The number of para-hydroxylation sites is 1. The number of carbonyl (C=O) groups is 3. The molecule has 1 fully saturated rings. The van der Waals surface area contributed by atoms with Crippen LogP contribution >= 0.6 is 23.2 Å². The molecule has 1 aromatic heterocycles. The molecule has 0 aliphatic carbocycles. The highest BCUT2D eigenvalue weighted by Crippen LogP contribution is 2.24. The number of carboxylic acid groups (broad SMARTS) is 1. The van der Waals surface area contributed by atoms with Gasteiger partial charge in [-0.25, -0.2) is 0 Å². The van der Waals surface area contributed by atoms with E-state index in [0.717, 1.165) is 22.0 Å². The second kappa shape index (κ2) is 9.85. The van der Waals surface area contributed by atoms with Crippen LogP contribution in [-0.4, -0.2) is 62.3 Å². The molecule has 1 saturated heterocycles. The van der Waals surface area contributed by atoms with Crippen LogP contribution in [0.1, 0.15) is 17.5 Å². The Morgan fingerprint density at radius 2 is 1.88 bits per heavy atom. The summed E-state index contributed by atoms with van der Waals surface area (Å²) < 4.78 is 0. The van der Waals surface area contributed by atoms with Gasteiger partial charge in [0.05, 0.1) is 6.42 Å². The van der Waals surface area contributed by atoms with Crippen LogP contribution in [0.5, 0.6) is 0 Å². The van der Waals surface area contributed by atoms with Gasteiger partial charge in [-0.2, -0.15) is 0 Å². The van der Waals surface area contributed by atoms with Gasteiger partial charge in [-0.15, -0.1) is 0 Å². The number of aliphatic carboxylic acids is 1. The molecule has 1 aliphatic heterocycles. The van der Waals surface area contributed by atoms with Crippen molar-refractivity contribution in [2.75, 3.05) is 13.1 Å². The Bertz CT molecular complexity index is 1180. The van der Waals surface area contributed by atoms with Crippen molar-refractivity contribution in [3.63, 3.8) is 0 Å². The van der Waals surface area contributed by atoms with Gasteiger partial charge in [0.25, 0.3) is 0 Å². The number of carboxylic acids is 1. The van der Waals surface area contributed by atoms with Crippen LogP contribution in [0.15, 0.2) is 54.7 Å². The van der Waals surface area contributed by atoms with Crippen molar-refractivity contribution in [1.82, 2.24) is 14.8 Å². The maximum Gasteiger partial charge on any atom is 0.305 e.